The van der Waals surface area contributed by atoms with E-state index in [9.17, 15) is 14.4 Å². The SMILES string of the molecule is CCCCCCCCN1C(=O)NC2(CC(C)(CC)N(CCOC(=O)c3ccccc3)C(C)(CC)C2C)C1=O. The summed E-state index contributed by atoms with van der Waals surface area (Å²) in [6.07, 6.45) is 8.82. The number of hydrogen-bond acceptors (Lipinski definition) is 5. The number of unbranched alkanes of at least 4 members (excludes halogenated alkanes) is 5. The number of benzene rings is 1. The van der Waals surface area contributed by atoms with Crippen molar-refractivity contribution in [2.24, 2.45) is 5.92 Å². The molecule has 4 unspecified atom stereocenters. The molecule has 0 radical (unpaired) electrons. The Labute approximate surface area is 229 Å². The van der Waals surface area contributed by atoms with E-state index in [4.69, 9.17) is 4.74 Å². The van der Waals surface area contributed by atoms with Gasteiger partial charge < -0.3 is 10.1 Å². The number of ether oxygens (including phenoxy) is 1. The molecule has 7 nitrogen and oxygen atoms in total. The number of imide groups is 1. The summed E-state index contributed by atoms with van der Waals surface area (Å²) in [5.74, 6) is -0.513. The first-order chi connectivity index (χ1) is 18.1. The van der Waals surface area contributed by atoms with E-state index in [0.717, 1.165) is 32.1 Å². The van der Waals surface area contributed by atoms with Crippen molar-refractivity contribution >= 4 is 17.9 Å². The zero-order valence-electron chi connectivity index (χ0n) is 24.5. The molecule has 3 rings (SSSR count). The molecule has 1 spiro atoms. The van der Waals surface area contributed by atoms with Crippen molar-refractivity contribution in [2.75, 3.05) is 19.7 Å². The zero-order valence-corrected chi connectivity index (χ0v) is 24.5. The molecule has 0 aliphatic carbocycles. The number of likely N-dealkylation sites (tertiary alicyclic amines) is 1. The third-order valence-corrected chi connectivity index (χ3v) is 9.57. The summed E-state index contributed by atoms with van der Waals surface area (Å²) in [5, 5.41) is 3.20. The molecule has 2 aliphatic heterocycles. The number of carbonyl (C=O) groups is 3. The van der Waals surface area contributed by atoms with Crippen molar-refractivity contribution in [3.8, 4) is 0 Å². The maximum atomic E-state index is 14.0. The topological polar surface area (TPSA) is 79.0 Å². The molecule has 7 heteroatoms. The van der Waals surface area contributed by atoms with Gasteiger partial charge in [0.15, 0.2) is 0 Å². The summed E-state index contributed by atoms with van der Waals surface area (Å²) >= 11 is 0. The van der Waals surface area contributed by atoms with Crippen LogP contribution in [0.1, 0.15) is 110 Å². The summed E-state index contributed by atoms with van der Waals surface area (Å²) in [6, 6.07) is 8.79. The van der Waals surface area contributed by atoms with Crippen LogP contribution in [0.5, 0.6) is 0 Å². The number of piperidine rings is 1. The largest absolute Gasteiger partial charge is 0.461 e. The second-order valence-corrected chi connectivity index (χ2v) is 11.7. The van der Waals surface area contributed by atoms with Crippen molar-refractivity contribution in [1.82, 2.24) is 15.1 Å². The normalized spacial score (nSPS) is 29.6. The first kappa shape index (κ1) is 30.1. The van der Waals surface area contributed by atoms with Crippen LogP contribution >= 0.6 is 0 Å². The van der Waals surface area contributed by atoms with Crippen LogP contribution in [-0.4, -0.2) is 64.0 Å². The summed E-state index contributed by atoms with van der Waals surface area (Å²) in [5.41, 5.74) is -1.11. The van der Waals surface area contributed by atoms with E-state index in [0.29, 0.717) is 25.1 Å². The number of amides is 3. The average Bonchev–Trinajstić information content (AvgIpc) is 3.16. The fourth-order valence-corrected chi connectivity index (χ4v) is 6.77. The summed E-state index contributed by atoms with van der Waals surface area (Å²) in [7, 11) is 0. The van der Waals surface area contributed by atoms with Crippen LogP contribution in [0.15, 0.2) is 30.3 Å². The van der Waals surface area contributed by atoms with E-state index >= 15 is 0 Å². The predicted octanol–water partition coefficient (Wildman–Crippen LogP) is 6.17. The number of nitrogens with one attached hydrogen (secondary N) is 1. The Kier molecular flexibility index (Phi) is 10.0. The van der Waals surface area contributed by atoms with Crippen LogP contribution in [0, 0.1) is 5.92 Å². The van der Waals surface area contributed by atoms with Gasteiger partial charge >= 0.3 is 12.0 Å². The Morgan fingerprint density at radius 2 is 1.63 bits per heavy atom. The monoisotopic (exact) mass is 527 g/mol. The summed E-state index contributed by atoms with van der Waals surface area (Å²) in [4.78, 5) is 43.6. The highest BCUT2D eigenvalue weighted by atomic mass is 16.5. The molecule has 1 aromatic rings. The molecule has 1 aromatic carbocycles. The van der Waals surface area contributed by atoms with E-state index in [2.05, 4.69) is 51.8 Å². The first-order valence-corrected chi connectivity index (χ1v) is 14.7. The lowest BCUT2D eigenvalue weighted by Crippen LogP contribution is -2.75. The standard InChI is InChI=1S/C31H49N3O4/c1-7-10-11-12-13-17-20-33-27(36)31(32-28(33)37)23-29(5,8-2)34(30(6,9-3)24(31)4)21-22-38-26(35)25-18-15-14-16-19-25/h14-16,18-19,24H,7-13,17,20-23H2,1-6H3,(H,32,37). The Balaban J connectivity index is 1.75. The van der Waals surface area contributed by atoms with Crippen LogP contribution < -0.4 is 5.32 Å². The quantitative estimate of drug-likeness (QED) is 0.188. The molecule has 2 saturated heterocycles. The van der Waals surface area contributed by atoms with E-state index in [1.807, 2.05) is 18.2 Å². The number of carbonyl (C=O) groups excluding carboxylic acids is 3. The molecule has 2 aliphatic rings. The molecule has 0 saturated carbocycles. The van der Waals surface area contributed by atoms with Crippen molar-refractivity contribution in [1.29, 1.82) is 0 Å². The summed E-state index contributed by atoms with van der Waals surface area (Å²) < 4.78 is 5.67. The highest BCUT2D eigenvalue weighted by Gasteiger charge is 2.66. The minimum absolute atomic E-state index is 0.0712. The Morgan fingerprint density at radius 3 is 2.26 bits per heavy atom. The molecule has 2 fully saturated rings. The van der Waals surface area contributed by atoms with E-state index < -0.39 is 5.54 Å². The Morgan fingerprint density at radius 1 is 0.974 bits per heavy atom. The molecule has 0 bridgehead atoms. The van der Waals surface area contributed by atoms with Gasteiger partial charge in [-0.05, 0) is 51.7 Å². The van der Waals surface area contributed by atoms with Gasteiger partial charge in [0.1, 0.15) is 12.1 Å². The van der Waals surface area contributed by atoms with Crippen LogP contribution in [0.25, 0.3) is 0 Å². The number of hydrogen-bond donors (Lipinski definition) is 1. The molecular formula is C31H49N3O4. The minimum Gasteiger partial charge on any atom is -0.461 e. The molecular weight excluding hydrogens is 478 g/mol. The van der Waals surface area contributed by atoms with E-state index in [1.165, 1.54) is 24.2 Å². The number of esters is 1. The van der Waals surface area contributed by atoms with Gasteiger partial charge in [-0.1, -0.05) is 78.0 Å². The van der Waals surface area contributed by atoms with Crippen LogP contribution in [0.3, 0.4) is 0 Å². The minimum atomic E-state index is -0.925. The van der Waals surface area contributed by atoms with Gasteiger partial charge in [0.05, 0.1) is 5.56 Å². The highest BCUT2D eigenvalue weighted by molar-refractivity contribution is 6.07. The smallest absolute Gasteiger partial charge is 0.338 e. The van der Waals surface area contributed by atoms with Gasteiger partial charge in [0, 0.05) is 30.1 Å². The molecule has 0 aromatic heterocycles. The molecule has 4 atom stereocenters. The number of nitrogens with zero attached hydrogens (tertiary/aromatic N) is 2. The second-order valence-electron chi connectivity index (χ2n) is 11.7. The van der Waals surface area contributed by atoms with Crippen molar-refractivity contribution < 1.29 is 19.1 Å². The van der Waals surface area contributed by atoms with Gasteiger partial charge in [-0.2, -0.15) is 0 Å². The van der Waals surface area contributed by atoms with Gasteiger partial charge in [0.25, 0.3) is 5.91 Å². The maximum Gasteiger partial charge on any atom is 0.338 e. The van der Waals surface area contributed by atoms with Crippen LogP contribution in [0.2, 0.25) is 0 Å². The van der Waals surface area contributed by atoms with Crippen molar-refractivity contribution in [2.45, 2.75) is 116 Å². The Bertz CT molecular complexity index is 969. The third kappa shape index (κ3) is 5.78. The zero-order chi connectivity index (χ0) is 28.0. The number of urea groups is 1. The first-order valence-electron chi connectivity index (χ1n) is 14.7. The third-order valence-electron chi connectivity index (χ3n) is 9.57. The average molecular weight is 528 g/mol. The lowest BCUT2D eigenvalue weighted by molar-refractivity contribution is -0.156. The van der Waals surface area contributed by atoms with Gasteiger partial charge in [0.2, 0.25) is 0 Å². The lowest BCUT2D eigenvalue weighted by atomic mass is 9.60. The molecule has 212 valence electrons. The predicted molar refractivity (Wildman–Crippen MR) is 151 cm³/mol. The van der Waals surface area contributed by atoms with Crippen LogP contribution in [0.4, 0.5) is 4.79 Å². The maximum absolute atomic E-state index is 14.0. The van der Waals surface area contributed by atoms with Gasteiger partial charge in [-0.25, -0.2) is 9.59 Å². The van der Waals surface area contributed by atoms with Crippen LogP contribution in [-0.2, 0) is 9.53 Å². The summed E-state index contributed by atoms with van der Waals surface area (Å²) in [6.45, 7) is 14.3. The molecule has 3 amide bonds. The van der Waals surface area contributed by atoms with Gasteiger partial charge in [-0.3, -0.25) is 14.6 Å². The van der Waals surface area contributed by atoms with Crippen molar-refractivity contribution in [3.05, 3.63) is 35.9 Å². The highest BCUT2D eigenvalue weighted by Crippen LogP contribution is 2.52. The fourth-order valence-electron chi connectivity index (χ4n) is 6.77. The second kappa shape index (κ2) is 12.6. The van der Waals surface area contributed by atoms with Gasteiger partial charge in [-0.15, -0.1) is 0 Å². The Hall–Kier alpha value is -2.41. The van der Waals surface area contributed by atoms with E-state index in [-0.39, 0.29) is 41.5 Å². The number of rotatable bonds is 13. The van der Waals surface area contributed by atoms with E-state index in [1.54, 1.807) is 12.1 Å². The molecule has 38 heavy (non-hydrogen) atoms. The lowest BCUT2D eigenvalue weighted by Gasteiger charge is -2.63. The fraction of sp³-hybridized carbons (Fsp3) is 0.710. The van der Waals surface area contributed by atoms with Crippen molar-refractivity contribution in [3.63, 3.8) is 0 Å². The molecule has 1 N–H and O–H groups in total. The molecule has 2 heterocycles.